The van der Waals surface area contributed by atoms with Crippen molar-refractivity contribution in [2.75, 3.05) is 11.9 Å². The number of nitrogens with zero attached hydrogens (tertiary/aromatic N) is 2. The molecule has 8 heteroatoms. The number of non-ortho nitro benzene ring substituents is 1. The van der Waals surface area contributed by atoms with Crippen molar-refractivity contribution in [3.63, 3.8) is 0 Å². The third-order valence-corrected chi connectivity index (χ3v) is 3.88. The van der Waals surface area contributed by atoms with Crippen LogP contribution in [-0.2, 0) is 22.7 Å². The van der Waals surface area contributed by atoms with Gasteiger partial charge in [0.15, 0.2) is 0 Å². The molecule has 2 aromatic carbocycles. The van der Waals surface area contributed by atoms with Gasteiger partial charge in [-0.1, -0.05) is 24.3 Å². The molecule has 0 spiro atoms. The van der Waals surface area contributed by atoms with Crippen LogP contribution >= 0.6 is 0 Å². The normalized spacial score (nSPS) is 10.6. The van der Waals surface area contributed by atoms with E-state index in [1.54, 1.807) is 24.3 Å². The molecule has 0 atom stereocenters. The third-order valence-electron chi connectivity index (χ3n) is 3.88. The molecule has 2 rings (SSSR count). The zero-order valence-corrected chi connectivity index (χ0v) is 14.9. The second-order valence-electron chi connectivity index (χ2n) is 6.16. The van der Waals surface area contributed by atoms with E-state index in [-0.39, 0.29) is 18.0 Å². The minimum Gasteiger partial charge on any atom is -0.481 e. The van der Waals surface area contributed by atoms with E-state index in [4.69, 9.17) is 5.11 Å². The summed E-state index contributed by atoms with van der Waals surface area (Å²) in [4.78, 5) is 34.3. The zero-order chi connectivity index (χ0) is 19.8. The topological polar surface area (TPSA) is 113 Å². The average molecular weight is 371 g/mol. The van der Waals surface area contributed by atoms with Crippen molar-refractivity contribution < 1.29 is 19.6 Å². The molecular formula is C19H21N3O5. The highest BCUT2D eigenvalue weighted by Crippen LogP contribution is 2.16. The number of rotatable bonds is 9. The summed E-state index contributed by atoms with van der Waals surface area (Å²) in [5.41, 5.74) is 2.54. The molecule has 0 aliphatic heterocycles. The van der Waals surface area contributed by atoms with Gasteiger partial charge in [0.05, 0.1) is 11.3 Å². The maximum atomic E-state index is 11.1. The molecule has 2 aromatic rings. The maximum Gasteiger partial charge on any atom is 0.304 e. The number of carboxylic acid groups (broad SMARTS) is 1. The minimum absolute atomic E-state index is 0.00302. The summed E-state index contributed by atoms with van der Waals surface area (Å²) in [6.07, 6.45) is -0.00302. The van der Waals surface area contributed by atoms with Gasteiger partial charge in [0.2, 0.25) is 5.91 Å². The number of hydrogen-bond donors (Lipinski definition) is 2. The zero-order valence-electron chi connectivity index (χ0n) is 14.9. The van der Waals surface area contributed by atoms with Gasteiger partial charge >= 0.3 is 5.97 Å². The first kappa shape index (κ1) is 20.1. The number of hydrogen-bond acceptors (Lipinski definition) is 5. The average Bonchev–Trinajstić information content (AvgIpc) is 2.61. The van der Waals surface area contributed by atoms with Gasteiger partial charge < -0.3 is 10.4 Å². The van der Waals surface area contributed by atoms with Gasteiger partial charge in [-0.2, -0.15) is 0 Å². The van der Waals surface area contributed by atoms with Crippen LogP contribution in [0.2, 0.25) is 0 Å². The van der Waals surface area contributed by atoms with Gasteiger partial charge in [0, 0.05) is 44.4 Å². The van der Waals surface area contributed by atoms with Crippen LogP contribution in [-0.4, -0.2) is 33.4 Å². The van der Waals surface area contributed by atoms with Crippen molar-refractivity contribution in [3.8, 4) is 0 Å². The number of carbonyl (C=O) groups excluding carboxylic acids is 1. The van der Waals surface area contributed by atoms with Crippen LogP contribution < -0.4 is 5.32 Å². The lowest BCUT2D eigenvalue weighted by molar-refractivity contribution is -0.384. The van der Waals surface area contributed by atoms with Crippen LogP contribution in [0.15, 0.2) is 48.5 Å². The van der Waals surface area contributed by atoms with Gasteiger partial charge in [-0.05, 0) is 23.3 Å². The van der Waals surface area contributed by atoms with Gasteiger partial charge in [0.1, 0.15) is 0 Å². The first-order valence-corrected chi connectivity index (χ1v) is 8.37. The summed E-state index contributed by atoms with van der Waals surface area (Å²) >= 11 is 0. The molecule has 142 valence electrons. The molecule has 0 aromatic heterocycles. The lowest BCUT2D eigenvalue weighted by Crippen LogP contribution is -2.25. The lowest BCUT2D eigenvalue weighted by Gasteiger charge is -2.22. The van der Waals surface area contributed by atoms with Crippen LogP contribution in [0.3, 0.4) is 0 Å². The van der Waals surface area contributed by atoms with E-state index in [2.05, 4.69) is 5.32 Å². The summed E-state index contributed by atoms with van der Waals surface area (Å²) in [6.45, 7) is 2.77. The molecule has 0 aliphatic rings. The summed E-state index contributed by atoms with van der Waals surface area (Å²) in [5, 5.41) is 22.4. The van der Waals surface area contributed by atoms with E-state index in [0.717, 1.165) is 11.1 Å². The molecule has 0 saturated heterocycles. The first-order valence-electron chi connectivity index (χ1n) is 8.37. The molecule has 0 heterocycles. The lowest BCUT2D eigenvalue weighted by atomic mass is 10.1. The second-order valence-corrected chi connectivity index (χ2v) is 6.16. The third kappa shape index (κ3) is 6.87. The Labute approximate surface area is 156 Å². The highest BCUT2D eigenvalue weighted by molar-refractivity contribution is 5.88. The van der Waals surface area contributed by atoms with Gasteiger partial charge in [-0.15, -0.1) is 0 Å². The fourth-order valence-corrected chi connectivity index (χ4v) is 2.60. The Hall–Kier alpha value is -3.26. The summed E-state index contributed by atoms with van der Waals surface area (Å²) in [6, 6.07) is 13.5. The number of nitro benzene ring substituents is 1. The molecule has 27 heavy (non-hydrogen) atoms. The Kier molecular flexibility index (Phi) is 7.01. The number of carbonyl (C=O) groups is 2. The highest BCUT2D eigenvalue weighted by Gasteiger charge is 2.11. The maximum absolute atomic E-state index is 11.1. The summed E-state index contributed by atoms with van der Waals surface area (Å²) < 4.78 is 0. The number of carboxylic acids is 1. The molecule has 0 radical (unpaired) electrons. The molecule has 0 bridgehead atoms. The first-order chi connectivity index (χ1) is 12.8. The fraction of sp³-hybridized carbons (Fsp3) is 0.263. The predicted octanol–water partition coefficient (Wildman–Crippen LogP) is 3.03. The Morgan fingerprint density at radius 2 is 1.56 bits per heavy atom. The van der Waals surface area contributed by atoms with E-state index in [1.807, 2.05) is 17.0 Å². The van der Waals surface area contributed by atoms with Crippen molar-refractivity contribution in [2.45, 2.75) is 26.4 Å². The minimum atomic E-state index is -0.885. The van der Waals surface area contributed by atoms with Crippen molar-refractivity contribution >= 4 is 23.3 Å². The smallest absolute Gasteiger partial charge is 0.304 e. The molecular weight excluding hydrogens is 350 g/mol. The SMILES string of the molecule is CC(=O)Nc1ccc(CN(CCC(=O)O)Cc2ccc([N+](=O)[O-])cc2)cc1. The van der Waals surface area contributed by atoms with Crippen molar-refractivity contribution in [1.29, 1.82) is 0 Å². The van der Waals surface area contributed by atoms with Crippen LogP contribution in [0, 0.1) is 10.1 Å². The summed E-state index contributed by atoms with van der Waals surface area (Å²) in [5.74, 6) is -1.03. The molecule has 0 aliphatic carbocycles. The molecule has 2 N–H and O–H groups in total. The van der Waals surface area contributed by atoms with Gasteiger partial charge in [-0.25, -0.2) is 0 Å². The van der Waals surface area contributed by atoms with Crippen LogP contribution in [0.4, 0.5) is 11.4 Å². The Bertz CT molecular complexity index is 803. The van der Waals surface area contributed by atoms with Crippen molar-refractivity contribution in [2.24, 2.45) is 0 Å². The Balaban J connectivity index is 2.07. The van der Waals surface area contributed by atoms with Crippen LogP contribution in [0.1, 0.15) is 24.5 Å². The predicted molar refractivity (Wildman–Crippen MR) is 100 cm³/mol. The number of anilines is 1. The largest absolute Gasteiger partial charge is 0.481 e. The van der Waals surface area contributed by atoms with Crippen LogP contribution in [0.25, 0.3) is 0 Å². The standard InChI is InChI=1S/C19H21N3O5/c1-14(23)20-17-6-2-15(3-7-17)12-21(11-10-19(24)25)13-16-4-8-18(9-5-16)22(26)27/h2-9H,10-13H2,1H3,(H,20,23)(H,24,25). The molecule has 8 nitrogen and oxygen atoms in total. The fourth-order valence-electron chi connectivity index (χ4n) is 2.60. The van der Waals surface area contributed by atoms with E-state index < -0.39 is 10.9 Å². The number of amides is 1. The highest BCUT2D eigenvalue weighted by atomic mass is 16.6. The molecule has 0 unspecified atom stereocenters. The molecule has 0 fully saturated rings. The van der Waals surface area contributed by atoms with E-state index in [9.17, 15) is 19.7 Å². The van der Waals surface area contributed by atoms with E-state index in [1.165, 1.54) is 19.1 Å². The quantitative estimate of drug-likeness (QED) is 0.517. The number of nitrogens with one attached hydrogen (secondary N) is 1. The number of aliphatic carboxylic acids is 1. The Morgan fingerprint density at radius 3 is 2.00 bits per heavy atom. The monoisotopic (exact) mass is 371 g/mol. The van der Waals surface area contributed by atoms with E-state index in [0.29, 0.717) is 25.3 Å². The van der Waals surface area contributed by atoms with Crippen molar-refractivity contribution in [1.82, 2.24) is 4.90 Å². The molecule has 1 amide bonds. The number of nitro groups is 1. The Morgan fingerprint density at radius 1 is 1.04 bits per heavy atom. The summed E-state index contributed by atoms with van der Waals surface area (Å²) in [7, 11) is 0. The van der Waals surface area contributed by atoms with Crippen molar-refractivity contribution in [3.05, 3.63) is 69.8 Å². The van der Waals surface area contributed by atoms with Crippen LogP contribution in [0.5, 0.6) is 0 Å². The van der Waals surface area contributed by atoms with Gasteiger partial charge in [-0.3, -0.25) is 24.6 Å². The number of benzene rings is 2. The molecule has 0 saturated carbocycles. The van der Waals surface area contributed by atoms with Gasteiger partial charge in [0.25, 0.3) is 5.69 Å². The van der Waals surface area contributed by atoms with E-state index >= 15 is 0 Å². The second kappa shape index (κ2) is 9.44.